The number of methoxy groups -OCH3 is 1. The third-order valence-corrected chi connectivity index (χ3v) is 5.48. The van der Waals surface area contributed by atoms with Crippen LogP contribution in [0.5, 0.6) is 5.75 Å². The molecule has 6 heteroatoms. The second-order valence-corrected chi connectivity index (χ2v) is 7.64. The predicted octanol–water partition coefficient (Wildman–Crippen LogP) is 3.52. The minimum atomic E-state index is -3.72. The average molecular weight is 381 g/mol. The van der Waals surface area contributed by atoms with E-state index in [-0.39, 0.29) is 17.2 Å². The standard InChI is InChI=1S/C21H19NO4S/c1-26-19-10-6-8-17(14-19)16-7-5-9-18(13-16)21(23)15-22-27(24,25)20-11-3-2-4-12-20/h2-14,22H,15H2,1H3. The Kier molecular flexibility index (Phi) is 5.69. The minimum absolute atomic E-state index is 0.128. The van der Waals surface area contributed by atoms with Crippen molar-refractivity contribution >= 4 is 15.8 Å². The van der Waals surface area contributed by atoms with Gasteiger partial charge in [0.2, 0.25) is 10.0 Å². The summed E-state index contributed by atoms with van der Waals surface area (Å²) in [5.41, 5.74) is 2.20. The van der Waals surface area contributed by atoms with E-state index in [9.17, 15) is 13.2 Å². The van der Waals surface area contributed by atoms with Crippen molar-refractivity contribution in [1.29, 1.82) is 0 Å². The zero-order valence-electron chi connectivity index (χ0n) is 14.8. The van der Waals surface area contributed by atoms with Crippen LogP contribution >= 0.6 is 0 Å². The molecule has 3 aromatic rings. The second-order valence-electron chi connectivity index (χ2n) is 5.87. The molecule has 5 nitrogen and oxygen atoms in total. The molecule has 0 amide bonds. The number of carbonyl (C=O) groups excluding carboxylic acids is 1. The lowest BCUT2D eigenvalue weighted by molar-refractivity contribution is 0.0997. The van der Waals surface area contributed by atoms with Crippen molar-refractivity contribution in [2.45, 2.75) is 4.90 Å². The maximum Gasteiger partial charge on any atom is 0.240 e. The first-order valence-corrected chi connectivity index (χ1v) is 9.80. The van der Waals surface area contributed by atoms with E-state index in [0.717, 1.165) is 16.9 Å². The Morgan fingerprint density at radius 2 is 1.56 bits per heavy atom. The summed E-state index contributed by atoms with van der Waals surface area (Å²) in [6, 6.07) is 22.5. The number of hydrogen-bond donors (Lipinski definition) is 1. The molecule has 27 heavy (non-hydrogen) atoms. The normalized spacial score (nSPS) is 11.1. The smallest absolute Gasteiger partial charge is 0.240 e. The summed E-state index contributed by atoms with van der Waals surface area (Å²) < 4.78 is 32.1. The van der Waals surface area contributed by atoms with Crippen molar-refractivity contribution in [3.05, 3.63) is 84.4 Å². The molecule has 0 aromatic heterocycles. The summed E-state index contributed by atoms with van der Waals surface area (Å²) in [5.74, 6) is 0.416. The molecule has 1 N–H and O–H groups in total. The van der Waals surface area contributed by atoms with E-state index in [1.165, 1.54) is 12.1 Å². The van der Waals surface area contributed by atoms with Crippen LogP contribution in [0.3, 0.4) is 0 Å². The van der Waals surface area contributed by atoms with Crippen LogP contribution in [0.25, 0.3) is 11.1 Å². The van der Waals surface area contributed by atoms with Gasteiger partial charge in [0.25, 0.3) is 0 Å². The zero-order chi connectivity index (χ0) is 19.3. The average Bonchev–Trinajstić information content (AvgIpc) is 2.73. The van der Waals surface area contributed by atoms with E-state index in [1.54, 1.807) is 43.5 Å². The maximum atomic E-state index is 12.5. The van der Waals surface area contributed by atoms with Crippen LogP contribution in [0, 0.1) is 0 Å². The number of Topliss-reactive ketones (excluding diaryl/α,β-unsaturated/α-hetero) is 1. The Labute approximate surface area is 158 Å². The zero-order valence-corrected chi connectivity index (χ0v) is 15.6. The minimum Gasteiger partial charge on any atom is -0.497 e. The number of ketones is 1. The molecule has 0 spiro atoms. The summed E-state index contributed by atoms with van der Waals surface area (Å²) in [4.78, 5) is 12.6. The number of benzene rings is 3. The Hall–Kier alpha value is -2.96. The van der Waals surface area contributed by atoms with E-state index in [2.05, 4.69) is 4.72 Å². The van der Waals surface area contributed by atoms with Crippen LogP contribution in [-0.4, -0.2) is 27.9 Å². The topological polar surface area (TPSA) is 72.5 Å². The van der Waals surface area contributed by atoms with Crippen LogP contribution in [-0.2, 0) is 10.0 Å². The van der Waals surface area contributed by atoms with E-state index in [1.807, 2.05) is 30.3 Å². The van der Waals surface area contributed by atoms with Crippen molar-refractivity contribution in [3.63, 3.8) is 0 Å². The Morgan fingerprint density at radius 3 is 2.26 bits per heavy atom. The molecule has 0 radical (unpaired) electrons. The van der Waals surface area contributed by atoms with Gasteiger partial charge in [0, 0.05) is 5.56 Å². The lowest BCUT2D eigenvalue weighted by Gasteiger charge is -2.08. The van der Waals surface area contributed by atoms with Crippen LogP contribution in [0.15, 0.2) is 83.8 Å². The summed E-state index contributed by atoms with van der Waals surface area (Å²) in [6.07, 6.45) is 0. The number of carbonyl (C=O) groups is 1. The molecule has 0 atom stereocenters. The van der Waals surface area contributed by atoms with E-state index >= 15 is 0 Å². The highest BCUT2D eigenvalue weighted by Crippen LogP contribution is 2.24. The molecule has 3 aromatic carbocycles. The van der Waals surface area contributed by atoms with Gasteiger partial charge in [0.05, 0.1) is 18.6 Å². The molecule has 0 fully saturated rings. The van der Waals surface area contributed by atoms with Gasteiger partial charge in [-0.1, -0.05) is 48.5 Å². The molecule has 0 bridgehead atoms. The van der Waals surface area contributed by atoms with Gasteiger partial charge in [-0.15, -0.1) is 0 Å². The van der Waals surface area contributed by atoms with Crippen LogP contribution in [0.1, 0.15) is 10.4 Å². The molecule has 0 heterocycles. The fourth-order valence-electron chi connectivity index (χ4n) is 2.62. The maximum absolute atomic E-state index is 12.5. The Bertz CT molecular complexity index is 1050. The lowest BCUT2D eigenvalue weighted by atomic mass is 10.0. The van der Waals surface area contributed by atoms with Gasteiger partial charge in [-0.2, -0.15) is 0 Å². The summed E-state index contributed by atoms with van der Waals surface area (Å²) in [6.45, 7) is -0.307. The monoisotopic (exact) mass is 381 g/mol. The van der Waals surface area contributed by atoms with Gasteiger partial charge in [0.1, 0.15) is 5.75 Å². The quantitative estimate of drug-likeness (QED) is 0.636. The molecule has 0 unspecified atom stereocenters. The van der Waals surface area contributed by atoms with E-state index in [0.29, 0.717) is 5.56 Å². The third-order valence-electron chi connectivity index (χ3n) is 4.06. The molecule has 138 valence electrons. The van der Waals surface area contributed by atoms with E-state index < -0.39 is 10.0 Å². The van der Waals surface area contributed by atoms with E-state index in [4.69, 9.17) is 4.74 Å². The molecular formula is C21H19NO4S. The number of ether oxygens (including phenoxy) is 1. The Morgan fingerprint density at radius 1 is 0.889 bits per heavy atom. The van der Waals surface area contributed by atoms with Crippen molar-refractivity contribution in [2.75, 3.05) is 13.7 Å². The number of nitrogens with one attached hydrogen (secondary N) is 1. The first kappa shape index (κ1) is 18.8. The Balaban J connectivity index is 1.76. The molecular weight excluding hydrogens is 362 g/mol. The van der Waals surface area contributed by atoms with Gasteiger partial charge < -0.3 is 4.74 Å². The largest absolute Gasteiger partial charge is 0.497 e. The van der Waals surface area contributed by atoms with Crippen LogP contribution in [0.4, 0.5) is 0 Å². The van der Waals surface area contributed by atoms with Crippen LogP contribution < -0.4 is 9.46 Å². The fourth-order valence-corrected chi connectivity index (χ4v) is 3.62. The summed E-state index contributed by atoms with van der Waals surface area (Å²) in [7, 11) is -2.13. The highest BCUT2D eigenvalue weighted by Gasteiger charge is 2.16. The number of rotatable bonds is 7. The highest BCUT2D eigenvalue weighted by molar-refractivity contribution is 7.89. The summed E-state index contributed by atoms with van der Waals surface area (Å²) >= 11 is 0. The van der Waals surface area contributed by atoms with Gasteiger partial charge in [-0.3, -0.25) is 4.79 Å². The molecule has 3 rings (SSSR count). The molecule has 0 aliphatic rings. The lowest BCUT2D eigenvalue weighted by Crippen LogP contribution is -2.29. The van der Waals surface area contributed by atoms with Crippen molar-refractivity contribution < 1.29 is 17.9 Å². The second kappa shape index (κ2) is 8.16. The van der Waals surface area contributed by atoms with Crippen molar-refractivity contribution in [1.82, 2.24) is 4.72 Å². The third kappa shape index (κ3) is 4.61. The highest BCUT2D eigenvalue weighted by atomic mass is 32.2. The molecule has 0 aliphatic heterocycles. The first-order chi connectivity index (χ1) is 13.0. The molecule has 0 saturated heterocycles. The fraction of sp³-hybridized carbons (Fsp3) is 0.0952. The van der Waals surface area contributed by atoms with Gasteiger partial charge in [-0.25, -0.2) is 13.1 Å². The predicted molar refractivity (Wildman–Crippen MR) is 104 cm³/mol. The van der Waals surface area contributed by atoms with Gasteiger partial charge in [-0.05, 0) is 41.5 Å². The van der Waals surface area contributed by atoms with Crippen LogP contribution in [0.2, 0.25) is 0 Å². The number of sulfonamides is 1. The first-order valence-electron chi connectivity index (χ1n) is 8.32. The molecule has 0 aliphatic carbocycles. The SMILES string of the molecule is COc1cccc(-c2cccc(C(=O)CNS(=O)(=O)c3ccccc3)c2)c1. The summed E-state index contributed by atoms with van der Waals surface area (Å²) in [5, 5.41) is 0. The van der Waals surface area contributed by atoms with Gasteiger partial charge in [0.15, 0.2) is 5.78 Å². The van der Waals surface area contributed by atoms with Crippen molar-refractivity contribution in [2.24, 2.45) is 0 Å². The van der Waals surface area contributed by atoms with Gasteiger partial charge >= 0.3 is 0 Å². The molecule has 0 saturated carbocycles. The van der Waals surface area contributed by atoms with Crippen molar-refractivity contribution in [3.8, 4) is 16.9 Å². The number of hydrogen-bond acceptors (Lipinski definition) is 4.